The number of hydrogen-bond acceptors (Lipinski definition) is 4. The van der Waals surface area contributed by atoms with E-state index in [0.717, 1.165) is 46.9 Å². The van der Waals surface area contributed by atoms with E-state index < -0.39 is 8.87 Å². The van der Waals surface area contributed by atoms with E-state index in [1.165, 1.54) is 0 Å². The summed E-state index contributed by atoms with van der Waals surface area (Å²) in [5, 5.41) is 0. The number of fused-ring (bicyclic) bond motifs is 1. The molecule has 1 aliphatic heterocycles. The Morgan fingerprint density at radius 1 is 1.17 bits per heavy atom. The zero-order chi connectivity index (χ0) is 17.1. The first kappa shape index (κ1) is 18.4. The van der Waals surface area contributed by atoms with Gasteiger partial charge in [0.25, 0.3) is 0 Å². The largest absolute Gasteiger partial charge is 0.366 e. The van der Waals surface area contributed by atoms with Crippen LogP contribution in [0.15, 0.2) is 30.3 Å². The molecule has 3 nitrogen and oxygen atoms in total. The molecule has 23 heavy (non-hydrogen) atoms. The summed E-state index contributed by atoms with van der Waals surface area (Å²) in [6.07, 6.45) is 5.26. The van der Waals surface area contributed by atoms with E-state index in [1.807, 2.05) is 18.2 Å². The summed E-state index contributed by atoms with van der Waals surface area (Å²) in [6, 6.07) is 8.05. The third-order valence-corrected chi connectivity index (χ3v) is 7.76. The zero-order valence-electron chi connectivity index (χ0n) is 14.5. The Bertz CT molecular complexity index is 678. The van der Waals surface area contributed by atoms with Crippen LogP contribution in [0.1, 0.15) is 45.6 Å². The third-order valence-electron chi connectivity index (χ3n) is 4.35. The molecule has 2 rings (SSSR count). The number of likely N-dealkylation sites (N-methyl/N-ethyl adjacent to an activating group) is 1. The molecule has 0 N–H and O–H groups in total. The van der Waals surface area contributed by atoms with Crippen LogP contribution in [0, 0.1) is 0 Å². The molecule has 0 spiro atoms. The molecule has 0 aliphatic carbocycles. The second kappa shape index (κ2) is 7.31. The van der Waals surface area contributed by atoms with Gasteiger partial charge in [0.15, 0.2) is 0 Å². The molecule has 1 heterocycles. The van der Waals surface area contributed by atoms with Crippen molar-refractivity contribution in [2.24, 2.45) is 0 Å². The predicted molar refractivity (Wildman–Crippen MR) is 103 cm³/mol. The fourth-order valence-corrected chi connectivity index (χ4v) is 5.86. The summed E-state index contributed by atoms with van der Waals surface area (Å²) >= 11 is 0. The van der Waals surface area contributed by atoms with E-state index in [2.05, 4.69) is 44.9 Å². The highest BCUT2D eigenvalue weighted by Gasteiger charge is 2.31. The normalized spacial score (nSPS) is 16.9. The van der Waals surface area contributed by atoms with Gasteiger partial charge in [0.1, 0.15) is 0 Å². The first-order valence-corrected chi connectivity index (χ1v) is 11.3. The SMILES string of the molecule is CCCCCSS(=O)(=O)CC1=CC(C)(C)N(C)c2ccccc21. The Morgan fingerprint density at radius 2 is 1.87 bits per heavy atom. The Labute approximate surface area is 144 Å². The lowest BCUT2D eigenvalue weighted by atomic mass is 9.89. The van der Waals surface area contributed by atoms with Crippen LogP contribution in [0.3, 0.4) is 0 Å². The molecule has 0 unspecified atom stereocenters. The quantitative estimate of drug-likeness (QED) is 0.532. The minimum atomic E-state index is -3.14. The van der Waals surface area contributed by atoms with E-state index in [4.69, 9.17) is 0 Å². The van der Waals surface area contributed by atoms with Crippen molar-refractivity contribution in [3.63, 3.8) is 0 Å². The lowest BCUT2D eigenvalue weighted by molar-refractivity contribution is 0.596. The molecule has 0 amide bonds. The molecule has 0 atom stereocenters. The summed E-state index contributed by atoms with van der Waals surface area (Å²) < 4.78 is 24.9. The van der Waals surface area contributed by atoms with Gasteiger partial charge in [0.2, 0.25) is 8.87 Å². The molecule has 1 aromatic carbocycles. The maximum absolute atomic E-state index is 12.5. The van der Waals surface area contributed by atoms with Gasteiger partial charge < -0.3 is 4.90 Å². The van der Waals surface area contributed by atoms with E-state index in [9.17, 15) is 8.42 Å². The van der Waals surface area contributed by atoms with Crippen LogP contribution in [-0.4, -0.2) is 32.5 Å². The number of unbranched alkanes of at least 4 members (excludes halogenated alkanes) is 2. The second-order valence-electron chi connectivity index (χ2n) is 6.63. The molecule has 0 saturated carbocycles. The fraction of sp³-hybridized carbons (Fsp3) is 0.556. The summed E-state index contributed by atoms with van der Waals surface area (Å²) in [4.78, 5) is 2.20. The van der Waals surface area contributed by atoms with Gasteiger partial charge in [-0.15, -0.1) is 0 Å². The predicted octanol–water partition coefficient (Wildman–Crippen LogP) is 4.55. The highest BCUT2D eigenvalue weighted by atomic mass is 33.1. The van der Waals surface area contributed by atoms with Crippen LogP contribution in [-0.2, 0) is 8.87 Å². The highest BCUT2D eigenvalue weighted by Crippen LogP contribution is 2.39. The first-order valence-electron chi connectivity index (χ1n) is 8.19. The average molecular weight is 354 g/mol. The van der Waals surface area contributed by atoms with Crippen molar-refractivity contribution in [2.45, 2.75) is 45.6 Å². The van der Waals surface area contributed by atoms with E-state index in [-0.39, 0.29) is 11.3 Å². The summed E-state index contributed by atoms with van der Waals surface area (Å²) in [6.45, 7) is 6.36. The lowest BCUT2D eigenvalue weighted by Crippen LogP contribution is -2.42. The van der Waals surface area contributed by atoms with Crippen LogP contribution in [0.4, 0.5) is 5.69 Å². The molecular formula is C18H27NO2S2. The van der Waals surface area contributed by atoms with Gasteiger partial charge in [0, 0.05) is 24.1 Å². The summed E-state index contributed by atoms with van der Waals surface area (Å²) in [5.41, 5.74) is 2.87. The second-order valence-corrected chi connectivity index (χ2v) is 10.9. The first-order chi connectivity index (χ1) is 10.8. The van der Waals surface area contributed by atoms with Crippen molar-refractivity contribution in [3.05, 3.63) is 35.9 Å². The van der Waals surface area contributed by atoms with Crippen LogP contribution < -0.4 is 4.90 Å². The molecule has 128 valence electrons. The topological polar surface area (TPSA) is 37.4 Å². The van der Waals surface area contributed by atoms with Gasteiger partial charge in [-0.3, -0.25) is 0 Å². The van der Waals surface area contributed by atoms with Crippen molar-refractivity contribution in [1.82, 2.24) is 0 Å². The van der Waals surface area contributed by atoms with Gasteiger partial charge in [-0.05, 0) is 42.7 Å². The third kappa shape index (κ3) is 4.54. The minimum Gasteiger partial charge on any atom is -0.366 e. The molecule has 0 radical (unpaired) electrons. The van der Waals surface area contributed by atoms with Crippen LogP contribution in [0.2, 0.25) is 0 Å². The average Bonchev–Trinajstić information content (AvgIpc) is 2.49. The monoisotopic (exact) mass is 353 g/mol. The van der Waals surface area contributed by atoms with Crippen molar-refractivity contribution in [2.75, 3.05) is 23.5 Å². The van der Waals surface area contributed by atoms with Crippen molar-refractivity contribution in [3.8, 4) is 0 Å². The Hall–Kier alpha value is -0.940. The van der Waals surface area contributed by atoms with Crippen molar-refractivity contribution >= 4 is 30.9 Å². The maximum atomic E-state index is 12.5. The van der Waals surface area contributed by atoms with Gasteiger partial charge in [-0.25, -0.2) is 8.42 Å². The molecule has 0 fully saturated rings. The summed E-state index contributed by atoms with van der Waals surface area (Å²) in [7, 11) is 0.0192. The summed E-state index contributed by atoms with van der Waals surface area (Å²) in [5.74, 6) is 0.798. The number of anilines is 1. The molecule has 5 heteroatoms. The highest BCUT2D eigenvalue weighted by molar-refractivity contribution is 8.72. The number of rotatable bonds is 7. The maximum Gasteiger partial charge on any atom is 0.205 e. The molecule has 1 aromatic rings. The molecule has 0 aromatic heterocycles. The van der Waals surface area contributed by atoms with Gasteiger partial charge in [-0.2, -0.15) is 0 Å². The van der Waals surface area contributed by atoms with Gasteiger partial charge in [0.05, 0.1) is 11.3 Å². The van der Waals surface area contributed by atoms with E-state index in [1.54, 1.807) is 0 Å². The fourth-order valence-electron chi connectivity index (χ4n) is 2.84. The molecule has 0 bridgehead atoms. The van der Waals surface area contributed by atoms with Crippen LogP contribution in [0.5, 0.6) is 0 Å². The van der Waals surface area contributed by atoms with Crippen molar-refractivity contribution < 1.29 is 8.42 Å². The standard InChI is InChI=1S/C18H27NO2S2/c1-5-6-9-12-22-23(20,21)14-15-13-18(2,3)19(4)17-11-8-7-10-16(15)17/h7-8,10-11,13H,5-6,9,12,14H2,1-4H3. The van der Waals surface area contributed by atoms with Gasteiger partial charge in [-0.1, -0.05) is 44.0 Å². The Balaban J connectivity index is 2.21. The Morgan fingerprint density at radius 3 is 2.57 bits per heavy atom. The number of nitrogens with zero attached hydrogens (tertiary/aromatic N) is 1. The molecule has 0 saturated heterocycles. The van der Waals surface area contributed by atoms with Crippen LogP contribution >= 0.6 is 10.8 Å². The van der Waals surface area contributed by atoms with Crippen LogP contribution in [0.25, 0.3) is 5.57 Å². The van der Waals surface area contributed by atoms with Gasteiger partial charge >= 0.3 is 0 Å². The van der Waals surface area contributed by atoms with E-state index in [0.29, 0.717) is 5.75 Å². The molecular weight excluding hydrogens is 326 g/mol. The van der Waals surface area contributed by atoms with Crippen molar-refractivity contribution in [1.29, 1.82) is 0 Å². The van der Waals surface area contributed by atoms with E-state index >= 15 is 0 Å². The smallest absolute Gasteiger partial charge is 0.205 e. The zero-order valence-corrected chi connectivity index (χ0v) is 16.1. The lowest BCUT2D eigenvalue weighted by Gasteiger charge is -2.41. The number of benzene rings is 1. The molecule has 1 aliphatic rings. The number of hydrogen-bond donors (Lipinski definition) is 0. The number of para-hydroxylation sites is 1. The Kier molecular flexibility index (Phi) is 5.84. The minimum absolute atomic E-state index is 0.109.